The summed E-state index contributed by atoms with van der Waals surface area (Å²) in [5, 5.41) is 122. The van der Waals surface area contributed by atoms with Crippen LogP contribution >= 0.6 is 15.9 Å². The molecular formula is C101H135BrN14O22. The quantitative estimate of drug-likeness (QED) is 0.0138. The average Bonchev–Trinajstić information content (AvgIpc) is 0.893. The Balaban J connectivity index is 0.000000228. The van der Waals surface area contributed by atoms with Crippen LogP contribution in [0.2, 0.25) is 0 Å². The van der Waals surface area contributed by atoms with Crippen LogP contribution in [0.25, 0.3) is 0 Å². The maximum Gasteiger partial charge on any atom is 0.410 e. The number of carboxylic acid groups (broad SMARTS) is 4. The summed E-state index contributed by atoms with van der Waals surface area (Å²) < 4.78 is 12.1. The summed E-state index contributed by atoms with van der Waals surface area (Å²) in [5.74, 6) is -7.11. The number of phenolic OH excluding ortho intramolecular Hbond substituents is 2. The molecule has 11 rings (SSSR count). The molecule has 0 bridgehead atoms. The number of carbonyl (C=O) groups is 10. The predicted molar refractivity (Wildman–Crippen MR) is 527 cm³/mol. The third-order valence-corrected chi connectivity index (χ3v) is 24.1. The Morgan fingerprint density at radius 3 is 1.59 bits per heavy atom. The van der Waals surface area contributed by atoms with E-state index in [1.807, 2.05) is 129 Å². The zero-order chi connectivity index (χ0) is 102. The molecule has 0 radical (unpaired) electrons. The molecule has 0 aliphatic carbocycles. The Hall–Kier alpha value is -12.8. The predicted octanol–water partition coefficient (Wildman–Crippen LogP) is 11.8. The van der Waals surface area contributed by atoms with Gasteiger partial charge in [0, 0.05) is 91.0 Å². The Kier molecular flexibility index (Phi) is 39.6. The van der Waals surface area contributed by atoms with Gasteiger partial charge in [-0.15, -0.1) is 0 Å². The van der Waals surface area contributed by atoms with Gasteiger partial charge >= 0.3 is 30.0 Å². The first-order valence-electron chi connectivity index (χ1n) is 45.7. The smallest absolute Gasteiger partial charge is 0.410 e. The van der Waals surface area contributed by atoms with E-state index in [-0.39, 0.29) is 124 Å². The maximum absolute atomic E-state index is 13.3. The number of aromatic nitrogens is 1. The number of pyridine rings is 1. The molecule has 138 heavy (non-hydrogen) atoms. The van der Waals surface area contributed by atoms with Crippen molar-refractivity contribution < 1.29 is 108 Å². The highest BCUT2D eigenvalue weighted by Gasteiger charge is 2.43. The first-order valence-corrected chi connectivity index (χ1v) is 46.5. The van der Waals surface area contributed by atoms with Crippen LogP contribution in [-0.2, 0) is 72.7 Å². The van der Waals surface area contributed by atoms with Crippen molar-refractivity contribution in [2.24, 2.45) is 55.3 Å². The molecule has 37 heteroatoms. The van der Waals surface area contributed by atoms with Gasteiger partial charge in [-0.05, 0) is 164 Å². The SMILES string of the molecule is CC(C)(C)C(CNC(=O)CCC(O)c1cc(O)cc(NC2=NCC(O)CN2)c1)C(=O)O.CC(C)(C)C(CNC(=O)COC1CC(CNc2ccccn2)N(C(=O)OCc2ccccc2)C1)C(=O)O.CC(C)(C)C(Cc1ccc(N2C(=O)Cc3ccc(N)cc3C2=O)cc1)C(=O)O.CC(C)(C)c1cc(Br)cc(C(NC(=O)CCC(O)c2cc(O)cc(NC3=NCC(O)CN3)c2)C(C(=O)O)C(C)(C)C)c1. The molecule has 1 saturated heterocycles. The number of aliphatic hydroxyl groups excluding tert-OH is 4. The molecule has 36 nitrogen and oxygen atoms in total. The largest absolute Gasteiger partial charge is 0.508 e. The number of hydrogen-bond acceptors (Lipinski definition) is 27. The summed E-state index contributed by atoms with van der Waals surface area (Å²) in [5.41, 5.74) is 10.8. The normalized spacial score (nSPS) is 17.5. The molecule has 6 aromatic carbocycles. The molecule has 11 atom stereocenters. The average molecular weight is 1980 g/mol. The lowest BCUT2D eigenvalue weighted by molar-refractivity contribution is -0.148. The van der Waals surface area contributed by atoms with Gasteiger partial charge in [0.15, 0.2) is 11.9 Å². The van der Waals surface area contributed by atoms with Crippen LogP contribution in [0.1, 0.15) is 204 Å². The number of likely N-dealkylation sites (tertiary alicyclic amines) is 1. The Morgan fingerprint density at radius 2 is 1.11 bits per heavy atom. The minimum atomic E-state index is -1.07. The Labute approximate surface area is 813 Å². The fourth-order valence-corrected chi connectivity index (χ4v) is 16.2. The number of aromatic hydroxyl groups is 2. The minimum absolute atomic E-state index is 0.00220. The highest BCUT2D eigenvalue weighted by molar-refractivity contribution is 9.10. The van der Waals surface area contributed by atoms with Gasteiger partial charge in [0.2, 0.25) is 23.6 Å². The van der Waals surface area contributed by atoms with Gasteiger partial charge in [-0.25, -0.2) is 14.7 Å². The second kappa shape index (κ2) is 49.5. The Bertz CT molecular complexity index is 5420. The van der Waals surface area contributed by atoms with Crippen LogP contribution < -0.4 is 53.2 Å². The number of nitrogens with one attached hydrogen (secondary N) is 8. The van der Waals surface area contributed by atoms with Crippen LogP contribution in [0.3, 0.4) is 0 Å². The monoisotopic (exact) mass is 1970 g/mol. The number of phenols is 2. The zero-order valence-electron chi connectivity index (χ0n) is 80.9. The number of imide groups is 1. The fourth-order valence-electron chi connectivity index (χ4n) is 15.7. The number of nitrogens with zero attached hydrogens (tertiary/aromatic N) is 5. The lowest BCUT2D eigenvalue weighted by Crippen LogP contribution is -2.43. The lowest BCUT2D eigenvalue weighted by atomic mass is 9.73. The third kappa shape index (κ3) is 34.4. The molecule has 5 heterocycles. The number of β-amino-alcohol motifs (C(OH)–C–C–N with tert-alkyl or cyclic N) is 2. The summed E-state index contributed by atoms with van der Waals surface area (Å²) in [6.45, 7) is 30.1. The summed E-state index contributed by atoms with van der Waals surface area (Å²) in [7, 11) is 0. The van der Waals surface area contributed by atoms with Crippen LogP contribution in [0.4, 0.5) is 33.4 Å². The number of carboxylic acids is 4. The lowest BCUT2D eigenvalue weighted by Gasteiger charge is -2.35. The number of guanidine groups is 2. The number of fused-ring (bicyclic) bond motifs is 1. The molecule has 0 saturated carbocycles. The molecule has 0 spiro atoms. The number of nitrogens with two attached hydrogens (primary N) is 1. The first-order chi connectivity index (χ1) is 64.6. The minimum Gasteiger partial charge on any atom is -0.508 e. The van der Waals surface area contributed by atoms with E-state index in [0.717, 1.165) is 26.1 Å². The van der Waals surface area contributed by atoms with Gasteiger partial charge in [0.1, 0.15) is 30.5 Å². The number of aliphatic carboxylic acids is 4. The van der Waals surface area contributed by atoms with Crippen molar-refractivity contribution in [1.82, 2.24) is 36.5 Å². The van der Waals surface area contributed by atoms with E-state index >= 15 is 0 Å². The maximum atomic E-state index is 13.3. The molecule has 4 aliphatic heterocycles. The number of aliphatic hydroxyl groups is 4. The molecule has 11 unspecified atom stereocenters. The number of amides is 6. The molecule has 20 N–H and O–H groups in total. The van der Waals surface area contributed by atoms with Crippen LogP contribution in [-0.4, -0.2) is 216 Å². The van der Waals surface area contributed by atoms with E-state index in [1.165, 1.54) is 24.3 Å². The Morgan fingerprint density at radius 1 is 0.580 bits per heavy atom. The number of carbonyl (C=O) groups excluding carboxylic acids is 6. The van der Waals surface area contributed by atoms with Gasteiger partial charge < -0.3 is 114 Å². The summed E-state index contributed by atoms with van der Waals surface area (Å²) in [6, 6.07) is 40.6. The number of hydrogen-bond donors (Lipinski definition) is 19. The third-order valence-electron chi connectivity index (χ3n) is 23.7. The number of rotatable bonds is 32. The number of benzene rings is 6. The van der Waals surface area contributed by atoms with Gasteiger partial charge in [0.25, 0.3) is 5.91 Å². The fraction of sp³-hybridized carbons (Fsp3) is 0.475. The number of aliphatic imine (C=N–C) groups is 2. The summed E-state index contributed by atoms with van der Waals surface area (Å²) >= 11 is 3.56. The van der Waals surface area contributed by atoms with E-state index in [1.54, 1.807) is 86.5 Å². The van der Waals surface area contributed by atoms with Crippen molar-refractivity contribution in [3.63, 3.8) is 0 Å². The van der Waals surface area contributed by atoms with Crippen molar-refractivity contribution in [3.05, 3.63) is 201 Å². The number of ether oxygens (including phenoxy) is 2. The van der Waals surface area contributed by atoms with E-state index in [0.29, 0.717) is 101 Å². The van der Waals surface area contributed by atoms with E-state index in [4.69, 9.17) is 15.2 Å². The molecule has 7 aromatic rings. The van der Waals surface area contributed by atoms with Crippen molar-refractivity contribution >= 4 is 116 Å². The second-order valence-corrected chi connectivity index (χ2v) is 41.1. The highest BCUT2D eigenvalue weighted by atomic mass is 79.9. The summed E-state index contributed by atoms with van der Waals surface area (Å²) in [4.78, 5) is 138. The number of anilines is 5. The van der Waals surface area contributed by atoms with Crippen LogP contribution in [0.15, 0.2) is 166 Å². The van der Waals surface area contributed by atoms with E-state index in [9.17, 15) is 99.0 Å². The van der Waals surface area contributed by atoms with Crippen molar-refractivity contribution in [2.75, 3.05) is 85.5 Å². The molecule has 4 aliphatic rings. The van der Waals surface area contributed by atoms with Gasteiger partial charge in [0.05, 0.1) is 98.0 Å². The number of halogens is 1. The molecule has 1 fully saturated rings. The van der Waals surface area contributed by atoms with Gasteiger partial charge in [-0.3, -0.25) is 53.1 Å². The van der Waals surface area contributed by atoms with Gasteiger partial charge in [-0.1, -0.05) is 180 Å². The van der Waals surface area contributed by atoms with E-state index < -0.39 is 118 Å². The standard InChI is InChI=1S/C31H43BrN4O6.C27H36N4O6.C22H24N2O4.C21H32N4O6/c1-30(2,3)19-9-18(10-20(32)13-19)27(26(28(41)42)31(4,5)6)36-25(40)8-7-24(39)17-11-21(14-22(37)12-17)35-29-33-15-23(38)16-34-29;1-27(2,3)22(25(33)34)15-30-24(32)18-36-21-13-20(14-29-23-11-7-8-12-28-23)31(16-21)26(35)37-17-19-9-5-4-6-10-19;1-22(2,3)18(21(27)28)10-13-4-8-16(9-5-13)24-19(25)11-14-6-7-15(23)12-17(14)20(24)26;1-21(2,3)16(19(30)31)11-22-18(29)5-4-17(28)12-6-13(8-14(26)7-12)25-20-23-9-15(27)10-24-20/h9-14,23-24,26-27,37-39H,7-8,15-16H2,1-6H3,(H,36,40)(H,41,42)(H2,33,34,35);4-12,20-22H,13-18H2,1-3H3,(H,28,29)(H,30,32)(H,33,34);4-9,12,18H,10-11,23H2,1-3H3,(H,27,28);6-8,15-17,26-28H,4-5,9-11H2,1-3H3,(H,22,29)(H,30,31)(H2,23,24,25). The van der Waals surface area contributed by atoms with Crippen LogP contribution in [0.5, 0.6) is 11.5 Å². The van der Waals surface area contributed by atoms with Crippen LogP contribution in [0, 0.1) is 45.3 Å². The van der Waals surface area contributed by atoms with Gasteiger partial charge in [-0.2, -0.15) is 0 Å². The zero-order valence-corrected chi connectivity index (χ0v) is 82.5. The topological polar surface area (TPSA) is 558 Å². The summed E-state index contributed by atoms with van der Waals surface area (Å²) in [6.07, 6.45) is -1.23. The number of nitrogen functional groups attached to an aromatic ring is 1. The van der Waals surface area contributed by atoms with E-state index in [2.05, 4.69) is 94.2 Å². The molecule has 6 amide bonds. The van der Waals surface area contributed by atoms with Crippen molar-refractivity contribution in [3.8, 4) is 11.5 Å². The highest BCUT2D eigenvalue weighted by Crippen LogP contribution is 2.41. The molecular weight excluding hydrogens is 1840 g/mol. The van der Waals surface area contributed by atoms with Crippen molar-refractivity contribution in [1.29, 1.82) is 0 Å². The van der Waals surface area contributed by atoms with Crippen molar-refractivity contribution in [2.45, 2.75) is 203 Å². The molecule has 1 aromatic heterocycles. The molecule has 748 valence electrons. The first kappa shape index (κ1) is 110. The second-order valence-electron chi connectivity index (χ2n) is 40.2.